The molecule has 3 rings (SSSR count). The molecule has 0 atom stereocenters. The highest BCUT2D eigenvalue weighted by molar-refractivity contribution is 5.97. The lowest BCUT2D eigenvalue weighted by molar-refractivity contribution is -0.114. The molecule has 29 heavy (non-hydrogen) atoms. The number of fused-ring (bicyclic) bond motifs is 1. The number of ether oxygens (including phenoxy) is 1. The number of carbonyl (C=O) groups is 2. The molecule has 2 aromatic heterocycles. The minimum atomic E-state index is -0.629. The fourth-order valence-electron chi connectivity index (χ4n) is 3.32. The van der Waals surface area contributed by atoms with E-state index < -0.39 is 11.7 Å². The first-order chi connectivity index (χ1) is 13.7. The molecule has 0 saturated heterocycles. The summed E-state index contributed by atoms with van der Waals surface area (Å²) in [5, 5.41) is 3.64. The van der Waals surface area contributed by atoms with Gasteiger partial charge in [0.25, 0.3) is 0 Å². The number of aromatic nitrogens is 2. The summed E-state index contributed by atoms with van der Waals surface area (Å²) in [7, 11) is 0. The number of hydrogen-bond acceptors (Lipinski definition) is 4. The Bertz CT molecular complexity index is 1060. The number of nitrogens with one attached hydrogen (secondary N) is 1. The predicted molar refractivity (Wildman–Crippen MR) is 115 cm³/mol. The fraction of sp³-hybridized carbons (Fsp3) is 0.348. The molecule has 0 aliphatic rings. The molecule has 1 N–H and O–H groups in total. The average Bonchev–Trinajstić information content (AvgIpc) is 3.01. The second-order valence-electron chi connectivity index (χ2n) is 8.04. The van der Waals surface area contributed by atoms with Crippen LogP contribution in [0.1, 0.15) is 46.6 Å². The molecule has 0 aliphatic heterocycles. The highest BCUT2D eigenvalue weighted by Crippen LogP contribution is 2.31. The molecule has 0 saturated carbocycles. The molecule has 6 nitrogen and oxygen atoms in total. The minimum absolute atomic E-state index is 0.201. The number of pyridine rings is 1. The van der Waals surface area contributed by atoms with Gasteiger partial charge in [0.15, 0.2) is 0 Å². The topological polar surface area (TPSA) is 73.2 Å². The Labute approximate surface area is 170 Å². The summed E-state index contributed by atoms with van der Waals surface area (Å²) >= 11 is 0. The molecule has 1 amide bonds. The van der Waals surface area contributed by atoms with E-state index in [-0.39, 0.29) is 5.91 Å². The second-order valence-corrected chi connectivity index (χ2v) is 8.04. The van der Waals surface area contributed by atoms with Gasteiger partial charge in [-0.3, -0.25) is 4.79 Å². The van der Waals surface area contributed by atoms with Crippen molar-refractivity contribution in [2.75, 3.05) is 5.32 Å². The molecule has 6 heteroatoms. The Hall–Kier alpha value is -3.15. The van der Waals surface area contributed by atoms with Crippen LogP contribution in [0.15, 0.2) is 42.5 Å². The zero-order chi connectivity index (χ0) is 21.2. The van der Waals surface area contributed by atoms with Crippen LogP contribution in [0.3, 0.4) is 0 Å². The smallest absolute Gasteiger partial charge is 0.419 e. The Balaban J connectivity index is 2.24. The van der Waals surface area contributed by atoms with Crippen molar-refractivity contribution >= 4 is 28.7 Å². The third kappa shape index (κ3) is 4.65. The van der Waals surface area contributed by atoms with E-state index in [0.29, 0.717) is 17.2 Å². The maximum absolute atomic E-state index is 13.2. The van der Waals surface area contributed by atoms with Crippen molar-refractivity contribution in [2.45, 2.75) is 53.1 Å². The van der Waals surface area contributed by atoms with Crippen LogP contribution < -0.4 is 5.32 Å². The van der Waals surface area contributed by atoms with Crippen LogP contribution in [0.25, 0.3) is 22.3 Å². The summed E-state index contributed by atoms with van der Waals surface area (Å²) in [6.07, 6.45) is 1.37. The lowest BCUT2D eigenvalue weighted by Crippen LogP contribution is -2.27. The molecular weight excluding hydrogens is 366 g/mol. The van der Waals surface area contributed by atoms with Crippen molar-refractivity contribution in [3.63, 3.8) is 0 Å². The van der Waals surface area contributed by atoms with Crippen LogP contribution in [0.2, 0.25) is 0 Å². The summed E-state index contributed by atoms with van der Waals surface area (Å²) in [4.78, 5) is 29.1. The van der Waals surface area contributed by atoms with Gasteiger partial charge >= 0.3 is 6.09 Å². The number of carbonyl (C=O) groups excluding carboxylic acids is 2. The lowest BCUT2D eigenvalue weighted by atomic mass is 10.1. The van der Waals surface area contributed by atoms with Crippen LogP contribution in [-0.2, 0) is 16.0 Å². The highest BCUT2D eigenvalue weighted by Gasteiger charge is 2.24. The van der Waals surface area contributed by atoms with E-state index in [1.54, 1.807) is 16.7 Å². The Kier molecular flexibility index (Phi) is 5.73. The number of benzene rings is 1. The van der Waals surface area contributed by atoms with Gasteiger partial charge in [-0.15, -0.1) is 0 Å². The predicted octanol–water partition coefficient (Wildman–Crippen LogP) is 5.40. The maximum Gasteiger partial charge on any atom is 0.419 e. The van der Waals surface area contributed by atoms with Crippen molar-refractivity contribution in [3.8, 4) is 11.4 Å². The fourth-order valence-corrected chi connectivity index (χ4v) is 3.32. The van der Waals surface area contributed by atoms with E-state index >= 15 is 0 Å². The number of aryl methyl sites for hydroxylation is 1. The summed E-state index contributed by atoms with van der Waals surface area (Å²) in [5.74, 6) is 0.234. The monoisotopic (exact) mass is 393 g/mol. The lowest BCUT2D eigenvalue weighted by Gasteiger charge is -2.21. The first kappa shape index (κ1) is 20.6. The van der Waals surface area contributed by atoms with Gasteiger partial charge in [0.2, 0.25) is 5.91 Å². The molecule has 0 aliphatic carbocycles. The number of nitrogens with zero attached hydrogens (tertiary/aromatic N) is 2. The molecule has 0 bridgehead atoms. The Morgan fingerprint density at radius 1 is 1.14 bits per heavy atom. The molecule has 0 radical (unpaired) electrons. The molecule has 2 heterocycles. The number of hydrogen-bond donors (Lipinski definition) is 1. The summed E-state index contributed by atoms with van der Waals surface area (Å²) in [6, 6.07) is 13.3. The van der Waals surface area contributed by atoms with Crippen LogP contribution in [0.5, 0.6) is 0 Å². The number of para-hydroxylation sites is 1. The minimum Gasteiger partial charge on any atom is -0.443 e. The van der Waals surface area contributed by atoms with Crippen molar-refractivity contribution in [2.24, 2.45) is 0 Å². The van der Waals surface area contributed by atoms with E-state index in [0.717, 1.165) is 29.3 Å². The van der Waals surface area contributed by atoms with Gasteiger partial charge in [0.1, 0.15) is 11.4 Å². The van der Waals surface area contributed by atoms with Gasteiger partial charge < -0.3 is 10.1 Å². The van der Waals surface area contributed by atoms with Gasteiger partial charge in [0.05, 0.1) is 16.9 Å². The summed E-state index contributed by atoms with van der Waals surface area (Å²) in [6.45, 7) is 9.08. The number of rotatable bonds is 4. The molecule has 0 unspecified atom stereocenters. The van der Waals surface area contributed by atoms with E-state index in [1.165, 1.54) is 6.92 Å². The van der Waals surface area contributed by atoms with Crippen LogP contribution >= 0.6 is 0 Å². The Morgan fingerprint density at radius 2 is 1.86 bits per heavy atom. The maximum atomic E-state index is 13.2. The summed E-state index contributed by atoms with van der Waals surface area (Å²) in [5.41, 5.74) is 2.51. The normalized spacial score (nSPS) is 11.5. The van der Waals surface area contributed by atoms with Crippen LogP contribution in [0, 0.1) is 0 Å². The van der Waals surface area contributed by atoms with Crippen molar-refractivity contribution < 1.29 is 14.3 Å². The third-order valence-electron chi connectivity index (χ3n) is 4.32. The Morgan fingerprint density at radius 3 is 2.52 bits per heavy atom. The van der Waals surface area contributed by atoms with E-state index in [1.807, 2.05) is 51.1 Å². The van der Waals surface area contributed by atoms with Gasteiger partial charge in [-0.05, 0) is 51.0 Å². The molecule has 152 valence electrons. The molecular formula is C23H27N3O3. The highest BCUT2D eigenvalue weighted by atomic mass is 16.6. The van der Waals surface area contributed by atoms with E-state index in [4.69, 9.17) is 4.74 Å². The number of anilines is 1. The average molecular weight is 393 g/mol. The summed E-state index contributed by atoms with van der Waals surface area (Å²) < 4.78 is 7.31. The van der Waals surface area contributed by atoms with Crippen LogP contribution in [-0.4, -0.2) is 27.2 Å². The third-order valence-corrected chi connectivity index (χ3v) is 4.32. The van der Waals surface area contributed by atoms with Crippen molar-refractivity contribution in [1.82, 2.24) is 9.55 Å². The molecule has 0 fully saturated rings. The quantitative estimate of drug-likeness (QED) is 0.644. The van der Waals surface area contributed by atoms with Gasteiger partial charge in [-0.2, -0.15) is 0 Å². The van der Waals surface area contributed by atoms with Crippen LogP contribution in [0.4, 0.5) is 10.6 Å². The zero-order valence-corrected chi connectivity index (χ0v) is 17.6. The molecule has 1 aromatic carbocycles. The zero-order valence-electron chi connectivity index (χ0n) is 17.6. The van der Waals surface area contributed by atoms with Crippen molar-refractivity contribution in [1.29, 1.82) is 0 Å². The van der Waals surface area contributed by atoms with E-state index in [2.05, 4.69) is 17.2 Å². The SMILES string of the molecule is CCCc1cccc2cc(-c3cccc(NC(C)=O)n3)n(C(=O)OC(C)(C)C)c12. The van der Waals surface area contributed by atoms with Gasteiger partial charge in [-0.1, -0.05) is 37.6 Å². The number of amides is 1. The largest absolute Gasteiger partial charge is 0.443 e. The first-order valence-corrected chi connectivity index (χ1v) is 9.81. The standard InChI is InChI=1S/C23H27N3O3/c1-6-9-16-10-7-11-17-14-19(18-12-8-13-20(25-18)24-15(2)27)26(21(16)17)22(28)29-23(3,4)5/h7-8,10-14H,6,9H2,1-5H3,(H,24,25,27). The molecule has 3 aromatic rings. The second kappa shape index (κ2) is 8.07. The van der Waals surface area contributed by atoms with E-state index in [9.17, 15) is 9.59 Å². The van der Waals surface area contributed by atoms with Crippen molar-refractivity contribution in [3.05, 3.63) is 48.0 Å². The first-order valence-electron chi connectivity index (χ1n) is 9.81. The van der Waals surface area contributed by atoms with Gasteiger partial charge in [-0.25, -0.2) is 14.3 Å². The van der Waals surface area contributed by atoms with Gasteiger partial charge in [0, 0.05) is 12.3 Å². The molecule has 0 spiro atoms.